The van der Waals surface area contributed by atoms with Crippen molar-refractivity contribution in [3.05, 3.63) is 88.9 Å². The van der Waals surface area contributed by atoms with Crippen LogP contribution < -0.4 is 10.1 Å². The number of hydrogen-bond acceptors (Lipinski definition) is 4. The summed E-state index contributed by atoms with van der Waals surface area (Å²) in [6.07, 6.45) is -4.50. The Hall–Kier alpha value is -3.85. The van der Waals surface area contributed by atoms with Gasteiger partial charge in [0.25, 0.3) is 5.91 Å². The first-order valence-electron chi connectivity index (χ1n) is 11.1. The molecule has 1 amide bonds. The predicted octanol–water partition coefficient (Wildman–Crippen LogP) is 6.89. The van der Waals surface area contributed by atoms with Gasteiger partial charge in [0.1, 0.15) is 0 Å². The summed E-state index contributed by atoms with van der Waals surface area (Å²) in [7, 11) is 0. The third kappa shape index (κ3) is 5.85. The van der Waals surface area contributed by atoms with Crippen molar-refractivity contribution in [2.75, 3.05) is 11.9 Å². The van der Waals surface area contributed by atoms with Crippen molar-refractivity contribution in [3.8, 4) is 23.1 Å². The lowest BCUT2D eigenvalue weighted by Gasteiger charge is -2.10. The van der Waals surface area contributed by atoms with Crippen LogP contribution in [0.25, 0.3) is 17.1 Å². The molecule has 1 N–H and O–H groups in total. The lowest BCUT2D eigenvalue weighted by molar-refractivity contribution is -0.137. The molecule has 0 spiro atoms. The number of aromatic nitrogens is 3. The van der Waals surface area contributed by atoms with Gasteiger partial charge in [0.15, 0.2) is 5.82 Å². The number of carbonyl (C=O) groups excluding carboxylic acids is 1. The average Bonchev–Trinajstić information content (AvgIpc) is 3.27. The van der Waals surface area contributed by atoms with Crippen LogP contribution in [0.2, 0.25) is 5.02 Å². The molecule has 0 saturated heterocycles. The van der Waals surface area contributed by atoms with Crippen LogP contribution in [0, 0.1) is 5.92 Å². The van der Waals surface area contributed by atoms with Gasteiger partial charge in [0, 0.05) is 11.3 Å². The number of ether oxygens (including phenoxy) is 1. The Balaban J connectivity index is 1.66. The Morgan fingerprint density at radius 3 is 2.44 bits per heavy atom. The summed E-state index contributed by atoms with van der Waals surface area (Å²) in [5.41, 5.74) is 0.786. The Labute approximate surface area is 210 Å². The molecule has 186 valence electrons. The second kappa shape index (κ2) is 10.4. The zero-order chi connectivity index (χ0) is 25.9. The lowest BCUT2D eigenvalue weighted by atomic mass is 10.1. The van der Waals surface area contributed by atoms with Crippen molar-refractivity contribution in [1.82, 2.24) is 14.8 Å². The average molecular weight is 515 g/mol. The third-order valence-corrected chi connectivity index (χ3v) is 5.40. The van der Waals surface area contributed by atoms with Crippen LogP contribution in [-0.4, -0.2) is 27.3 Å². The number of anilines is 1. The van der Waals surface area contributed by atoms with E-state index in [0.717, 1.165) is 12.1 Å². The van der Waals surface area contributed by atoms with Crippen LogP contribution in [0.3, 0.4) is 0 Å². The van der Waals surface area contributed by atoms with Gasteiger partial charge < -0.3 is 10.1 Å². The maximum Gasteiger partial charge on any atom is 0.416 e. The number of nitrogens with zero attached hydrogens (tertiary/aromatic N) is 3. The van der Waals surface area contributed by atoms with Gasteiger partial charge in [-0.05, 0) is 54.4 Å². The number of nitrogens with one attached hydrogen (secondary N) is 1. The van der Waals surface area contributed by atoms with Gasteiger partial charge in [-0.25, -0.2) is 4.68 Å². The van der Waals surface area contributed by atoms with Crippen molar-refractivity contribution >= 4 is 23.2 Å². The van der Waals surface area contributed by atoms with E-state index in [1.54, 1.807) is 48.5 Å². The smallest absolute Gasteiger partial charge is 0.416 e. The largest absolute Gasteiger partial charge is 0.462 e. The molecule has 0 unspecified atom stereocenters. The van der Waals surface area contributed by atoms with Gasteiger partial charge in [0.2, 0.25) is 0 Å². The molecule has 0 saturated carbocycles. The highest BCUT2D eigenvalue weighted by Gasteiger charge is 2.31. The summed E-state index contributed by atoms with van der Waals surface area (Å²) in [5.74, 6) is 0.0193. The predicted molar refractivity (Wildman–Crippen MR) is 132 cm³/mol. The second-order valence-electron chi connectivity index (χ2n) is 8.39. The highest BCUT2D eigenvalue weighted by Crippen LogP contribution is 2.33. The van der Waals surface area contributed by atoms with Gasteiger partial charge in [-0.3, -0.25) is 4.79 Å². The molecule has 4 rings (SSSR count). The zero-order valence-electron chi connectivity index (χ0n) is 19.4. The van der Waals surface area contributed by atoms with Crippen molar-refractivity contribution in [2.45, 2.75) is 20.0 Å². The van der Waals surface area contributed by atoms with Crippen molar-refractivity contribution in [3.63, 3.8) is 0 Å². The maximum atomic E-state index is 13.3. The summed E-state index contributed by atoms with van der Waals surface area (Å²) in [6, 6.07) is 18.2. The summed E-state index contributed by atoms with van der Waals surface area (Å²) >= 11 is 6.09. The maximum absolute atomic E-state index is 13.3. The van der Waals surface area contributed by atoms with Gasteiger partial charge >= 0.3 is 12.2 Å². The molecule has 0 fully saturated rings. The number of rotatable bonds is 7. The minimum absolute atomic E-state index is 0.0483. The number of hydrogen-bond donors (Lipinski definition) is 1. The van der Waals surface area contributed by atoms with Crippen LogP contribution in [-0.2, 0) is 6.18 Å². The fourth-order valence-corrected chi connectivity index (χ4v) is 3.55. The summed E-state index contributed by atoms with van der Waals surface area (Å²) in [5, 5.41) is 7.46. The second-order valence-corrected chi connectivity index (χ2v) is 8.80. The summed E-state index contributed by atoms with van der Waals surface area (Å²) < 4.78 is 47.0. The van der Waals surface area contributed by atoms with Crippen LogP contribution in [0.5, 0.6) is 6.01 Å². The van der Waals surface area contributed by atoms with Crippen LogP contribution >= 0.6 is 11.6 Å². The van der Waals surface area contributed by atoms with E-state index in [1.165, 1.54) is 16.8 Å². The van der Waals surface area contributed by atoms with Crippen molar-refractivity contribution in [2.24, 2.45) is 5.92 Å². The minimum atomic E-state index is -4.50. The quantitative estimate of drug-likeness (QED) is 0.291. The van der Waals surface area contributed by atoms with Crippen LogP contribution in [0.15, 0.2) is 72.8 Å². The van der Waals surface area contributed by atoms with E-state index in [4.69, 9.17) is 16.3 Å². The molecule has 3 aromatic carbocycles. The van der Waals surface area contributed by atoms with E-state index in [-0.39, 0.29) is 29.2 Å². The highest BCUT2D eigenvalue weighted by atomic mass is 35.5. The number of alkyl halides is 3. The molecule has 10 heteroatoms. The SMILES string of the molecule is CC(C)COc1nc(-c2cccc(C(F)(F)F)c2)n(-c2ccc(NC(=O)c3ccccc3Cl)cc2)n1. The Bertz CT molecular complexity index is 1370. The molecule has 1 heterocycles. The molecule has 0 atom stereocenters. The molecule has 0 bridgehead atoms. The van der Waals surface area contributed by atoms with E-state index in [2.05, 4.69) is 15.4 Å². The van der Waals surface area contributed by atoms with Gasteiger partial charge in [-0.2, -0.15) is 18.2 Å². The zero-order valence-corrected chi connectivity index (χ0v) is 20.1. The third-order valence-electron chi connectivity index (χ3n) is 5.07. The van der Waals surface area contributed by atoms with E-state index in [1.807, 2.05) is 13.8 Å². The van der Waals surface area contributed by atoms with Gasteiger partial charge in [-0.1, -0.05) is 49.7 Å². The molecule has 0 aliphatic carbocycles. The number of carbonyl (C=O) groups is 1. The topological polar surface area (TPSA) is 69.0 Å². The first-order chi connectivity index (χ1) is 17.1. The molecular formula is C26H22ClF3N4O2. The first-order valence-corrected chi connectivity index (χ1v) is 11.4. The Kier molecular flexibility index (Phi) is 7.30. The molecule has 0 radical (unpaired) electrons. The van der Waals surface area contributed by atoms with E-state index >= 15 is 0 Å². The summed E-state index contributed by atoms with van der Waals surface area (Å²) in [6.45, 7) is 4.26. The Morgan fingerprint density at radius 1 is 1.06 bits per heavy atom. The molecular weight excluding hydrogens is 493 g/mol. The lowest BCUT2D eigenvalue weighted by Crippen LogP contribution is -2.12. The van der Waals surface area contributed by atoms with E-state index in [9.17, 15) is 18.0 Å². The standard InChI is InChI=1S/C26H22ClF3N4O2/c1-16(2)15-36-25-32-23(17-6-5-7-18(14-17)26(28,29)30)34(33-25)20-12-10-19(11-13-20)31-24(35)21-8-3-4-9-22(21)27/h3-14,16H,15H2,1-2H3,(H,31,35). The molecule has 0 aliphatic rings. The van der Waals surface area contributed by atoms with Crippen LogP contribution in [0.4, 0.5) is 18.9 Å². The Morgan fingerprint density at radius 2 is 1.78 bits per heavy atom. The molecule has 36 heavy (non-hydrogen) atoms. The molecule has 6 nitrogen and oxygen atoms in total. The fraction of sp³-hybridized carbons (Fsp3) is 0.192. The van der Waals surface area contributed by atoms with E-state index < -0.39 is 11.7 Å². The summed E-state index contributed by atoms with van der Waals surface area (Å²) in [4.78, 5) is 16.9. The minimum Gasteiger partial charge on any atom is -0.462 e. The fourth-order valence-electron chi connectivity index (χ4n) is 3.33. The molecule has 1 aromatic heterocycles. The number of halogens is 4. The van der Waals surface area contributed by atoms with Gasteiger partial charge in [0.05, 0.1) is 28.4 Å². The van der Waals surface area contributed by atoms with Gasteiger partial charge in [-0.15, -0.1) is 5.10 Å². The normalized spacial score (nSPS) is 11.5. The highest BCUT2D eigenvalue weighted by molar-refractivity contribution is 6.34. The van der Waals surface area contributed by atoms with Crippen LogP contribution in [0.1, 0.15) is 29.8 Å². The number of benzene rings is 3. The monoisotopic (exact) mass is 514 g/mol. The molecule has 0 aliphatic heterocycles. The number of amides is 1. The van der Waals surface area contributed by atoms with Crippen molar-refractivity contribution in [1.29, 1.82) is 0 Å². The van der Waals surface area contributed by atoms with Crippen molar-refractivity contribution < 1.29 is 22.7 Å². The molecule has 4 aromatic rings. The first kappa shape index (κ1) is 25.2. The van der Waals surface area contributed by atoms with E-state index in [0.29, 0.717) is 28.6 Å².